The van der Waals surface area contributed by atoms with Crippen LogP contribution in [0.1, 0.15) is 5.56 Å². The summed E-state index contributed by atoms with van der Waals surface area (Å²) in [5.41, 5.74) is 5.52. The summed E-state index contributed by atoms with van der Waals surface area (Å²) in [5.74, 6) is -0.635. The van der Waals surface area contributed by atoms with Crippen molar-refractivity contribution in [2.75, 3.05) is 0 Å². The summed E-state index contributed by atoms with van der Waals surface area (Å²) in [4.78, 5) is 0. The van der Waals surface area contributed by atoms with Gasteiger partial charge in [-0.15, -0.1) is 12.4 Å². The molecule has 0 bridgehead atoms. The van der Waals surface area contributed by atoms with E-state index in [2.05, 4.69) is 0 Å². The molecule has 0 saturated carbocycles. The van der Waals surface area contributed by atoms with Crippen LogP contribution in [-0.4, -0.2) is 5.11 Å². The number of hydrogen-bond donors (Lipinski definition) is 2. The van der Waals surface area contributed by atoms with Crippen molar-refractivity contribution in [3.63, 3.8) is 0 Å². The second-order valence-electron chi connectivity index (χ2n) is 2.10. The topological polar surface area (TPSA) is 46.2 Å². The van der Waals surface area contributed by atoms with Crippen molar-refractivity contribution in [3.8, 4) is 5.75 Å². The fraction of sp³-hybridized carbons (Fsp3) is 0.143. The minimum Gasteiger partial charge on any atom is -0.506 e. The smallest absolute Gasteiger partial charge is 0.138 e. The van der Waals surface area contributed by atoms with Crippen LogP contribution >= 0.6 is 24.0 Å². The van der Waals surface area contributed by atoms with Crippen LogP contribution in [-0.2, 0) is 6.54 Å². The number of aromatic hydroxyl groups is 1. The van der Waals surface area contributed by atoms with Gasteiger partial charge in [-0.2, -0.15) is 0 Å². The standard InChI is InChI=1S/C7H7ClFNO.ClH/c8-6-2-5(9)1-4(3-10)7(6)11;/h1-2,11H,3,10H2;1H. The predicted molar refractivity (Wildman–Crippen MR) is 48.2 cm³/mol. The minimum atomic E-state index is -0.492. The molecule has 0 unspecified atom stereocenters. The van der Waals surface area contributed by atoms with E-state index in [9.17, 15) is 4.39 Å². The van der Waals surface area contributed by atoms with Crippen LogP contribution < -0.4 is 5.73 Å². The fourth-order valence-electron chi connectivity index (χ4n) is 0.775. The second kappa shape index (κ2) is 4.50. The zero-order chi connectivity index (χ0) is 8.43. The summed E-state index contributed by atoms with van der Waals surface area (Å²) in [6.45, 7) is 0.0727. The SMILES string of the molecule is Cl.NCc1cc(F)cc(Cl)c1O. The van der Waals surface area contributed by atoms with Gasteiger partial charge in [-0.1, -0.05) is 11.6 Å². The number of hydrogen-bond acceptors (Lipinski definition) is 2. The molecule has 3 N–H and O–H groups in total. The van der Waals surface area contributed by atoms with Gasteiger partial charge in [0.1, 0.15) is 11.6 Å². The zero-order valence-corrected chi connectivity index (χ0v) is 7.62. The molecule has 0 aromatic heterocycles. The number of rotatable bonds is 1. The summed E-state index contributed by atoms with van der Waals surface area (Å²) in [6.07, 6.45) is 0. The molecule has 1 aromatic rings. The zero-order valence-electron chi connectivity index (χ0n) is 6.05. The van der Waals surface area contributed by atoms with Crippen molar-refractivity contribution >= 4 is 24.0 Å². The third kappa shape index (κ3) is 2.24. The first-order valence-corrected chi connectivity index (χ1v) is 3.40. The highest BCUT2D eigenvalue weighted by Crippen LogP contribution is 2.27. The minimum absolute atomic E-state index is 0. The Morgan fingerprint density at radius 3 is 2.58 bits per heavy atom. The van der Waals surface area contributed by atoms with Gasteiger partial charge in [-0.25, -0.2) is 4.39 Å². The molecule has 0 spiro atoms. The van der Waals surface area contributed by atoms with Crippen LogP contribution in [0.4, 0.5) is 4.39 Å². The molecule has 0 heterocycles. The normalized spacial score (nSPS) is 9.25. The molecule has 0 aliphatic carbocycles. The number of nitrogens with two attached hydrogens (primary N) is 1. The van der Waals surface area contributed by atoms with Gasteiger partial charge in [0.25, 0.3) is 0 Å². The van der Waals surface area contributed by atoms with Crippen molar-refractivity contribution in [3.05, 3.63) is 28.5 Å². The summed E-state index contributed by atoms with van der Waals surface area (Å²) < 4.78 is 12.5. The summed E-state index contributed by atoms with van der Waals surface area (Å²) in [7, 11) is 0. The van der Waals surface area contributed by atoms with Gasteiger partial charge in [0.2, 0.25) is 0 Å². The largest absolute Gasteiger partial charge is 0.506 e. The Balaban J connectivity index is 0.00000121. The first-order valence-electron chi connectivity index (χ1n) is 3.02. The van der Waals surface area contributed by atoms with Crippen molar-refractivity contribution in [1.82, 2.24) is 0 Å². The van der Waals surface area contributed by atoms with Crippen molar-refractivity contribution in [1.29, 1.82) is 0 Å². The Morgan fingerprint density at radius 2 is 2.08 bits per heavy atom. The maximum atomic E-state index is 12.5. The highest BCUT2D eigenvalue weighted by Gasteiger charge is 2.06. The third-order valence-electron chi connectivity index (χ3n) is 1.33. The predicted octanol–water partition coefficient (Wildman–Crippen LogP) is 2.07. The molecule has 1 aromatic carbocycles. The molecule has 0 atom stereocenters. The maximum Gasteiger partial charge on any atom is 0.138 e. The molecule has 2 nitrogen and oxygen atoms in total. The average Bonchev–Trinajstić information content (AvgIpc) is 1.96. The summed E-state index contributed by atoms with van der Waals surface area (Å²) in [6, 6.07) is 2.19. The van der Waals surface area contributed by atoms with Gasteiger partial charge in [-0.05, 0) is 12.1 Å². The van der Waals surface area contributed by atoms with E-state index >= 15 is 0 Å². The first-order chi connectivity index (χ1) is 5.15. The lowest BCUT2D eigenvalue weighted by Gasteiger charge is -2.02. The second-order valence-corrected chi connectivity index (χ2v) is 2.51. The van der Waals surface area contributed by atoms with E-state index in [0.29, 0.717) is 5.56 Å². The van der Waals surface area contributed by atoms with E-state index < -0.39 is 5.82 Å². The van der Waals surface area contributed by atoms with Gasteiger partial charge >= 0.3 is 0 Å². The van der Waals surface area contributed by atoms with Crippen molar-refractivity contribution < 1.29 is 9.50 Å². The molecule has 1 rings (SSSR count). The first kappa shape index (κ1) is 11.5. The lowest BCUT2D eigenvalue weighted by Crippen LogP contribution is -1.97. The lowest BCUT2D eigenvalue weighted by atomic mass is 10.2. The van der Waals surface area contributed by atoms with Gasteiger partial charge in [0.05, 0.1) is 5.02 Å². The van der Waals surface area contributed by atoms with Crippen molar-refractivity contribution in [2.24, 2.45) is 5.73 Å². The Morgan fingerprint density at radius 1 is 1.50 bits per heavy atom. The van der Waals surface area contributed by atoms with Crippen LogP contribution in [0.3, 0.4) is 0 Å². The number of halogens is 3. The van der Waals surface area contributed by atoms with Crippen LogP contribution in [0.5, 0.6) is 5.75 Å². The van der Waals surface area contributed by atoms with E-state index in [1.54, 1.807) is 0 Å². The van der Waals surface area contributed by atoms with Crippen LogP contribution in [0.15, 0.2) is 12.1 Å². The van der Waals surface area contributed by atoms with E-state index in [1.165, 1.54) is 0 Å². The fourth-order valence-corrected chi connectivity index (χ4v) is 1.00. The van der Waals surface area contributed by atoms with Crippen LogP contribution in [0.2, 0.25) is 5.02 Å². The Labute approximate surface area is 80.6 Å². The third-order valence-corrected chi connectivity index (χ3v) is 1.62. The Hall–Kier alpha value is -0.510. The maximum absolute atomic E-state index is 12.5. The van der Waals surface area contributed by atoms with Gasteiger partial charge in [-0.3, -0.25) is 0 Å². The van der Waals surface area contributed by atoms with E-state index in [1.807, 2.05) is 0 Å². The molecule has 0 radical (unpaired) electrons. The highest BCUT2D eigenvalue weighted by atomic mass is 35.5. The monoisotopic (exact) mass is 211 g/mol. The Kier molecular flexibility index (Phi) is 4.31. The summed E-state index contributed by atoms with van der Waals surface area (Å²) >= 11 is 5.45. The molecule has 0 fully saturated rings. The summed E-state index contributed by atoms with van der Waals surface area (Å²) in [5, 5.41) is 9.13. The van der Waals surface area contributed by atoms with Gasteiger partial charge in [0, 0.05) is 12.1 Å². The van der Waals surface area contributed by atoms with E-state index in [4.69, 9.17) is 22.4 Å². The van der Waals surface area contributed by atoms with Crippen LogP contribution in [0, 0.1) is 5.82 Å². The molecule has 68 valence electrons. The van der Waals surface area contributed by atoms with Gasteiger partial charge in [0.15, 0.2) is 0 Å². The Bertz CT molecular complexity index is 280. The number of benzene rings is 1. The van der Waals surface area contributed by atoms with E-state index in [0.717, 1.165) is 12.1 Å². The molecular formula is C7H8Cl2FNO. The molecule has 12 heavy (non-hydrogen) atoms. The molecule has 0 amide bonds. The molecular weight excluding hydrogens is 204 g/mol. The quantitative estimate of drug-likeness (QED) is 0.748. The average molecular weight is 212 g/mol. The number of phenols is 1. The molecule has 0 saturated heterocycles. The van der Waals surface area contributed by atoms with Crippen LogP contribution in [0.25, 0.3) is 0 Å². The molecule has 5 heteroatoms. The van der Waals surface area contributed by atoms with Crippen molar-refractivity contribution in [2.45, 2.75) is 6.54 Å². The highest BCUT2D eigenvalue weighted by molar-refractivity contribution is 6.32. The van der Waals surface area contributed by atoms with Gasteiger partial charge < -0.3 is 10.8 Å². The number of phenolic OH excluding ortho intramolecular Hbond substituents is 1. The lowest BCUT2D eigenvalue weighted by molar-refractivity contribution is 0.466. The molecule has 0 aliphatic rings. The molecule has 0 aliphatic heterocycles. The van der Waals surface area contributed by atoms with E-state index in [-0.39, 0.29) is 29.7 Å².